The van der Waals surface area contributed by atoms with Gasteiger partial charge in [0.05, 0.1) is 0 Å². The maximum absolute atomic E-state index is 12.8. The van der Waals surface area contributed by atoms with Crippen molar-refractivity contribution in [3.8, 4) is 0 Å². The summed E-state index contributed by atoms with van der Waals surface area (Å²) in [4.78, 5) is 24.6. The molecule has 0 atom stereocenters. The van der Waals surface area contributed by atoms with E-state index in [1.54, 1.807) is 12.1 Å². The summed E-state index contributed by atoms with van der Waals surface area (Å²) in [5.41, 5.74) is 5.85. The fourth-order valence-corrected chi connectivity index (χ4v) is 2.16. The Labute approximate surface area is 133 Å². The van der Waals surface area contributed by atoms with Crippen molar-refractivity contribution in [3.05, 3.63) is 35.6 Å². The van der Waals surface area contributed by atoms with Crippen LogP contribution in [0.15, 0.2) is 24.3 Å². The molecule has 1 aliphatic rings. The molecule has 118 valence electrons. The number of rotatable bonds is 4. The van der Waals surface area contributed by atoms with Crippen LogP contribution in [-0.2, 0) is 16.1 Å². The first-order valence-electron chi connectivity index (χ1n) is 6.89. The summed E-state index contributed by atoms with van der Waals surface area (Å²) in [6.45, 7) is 1.04. The Morgan fingerprint density at radius 2 is 2.00 bits per heavy atom. The average Bonchev–Trinajstić information content (AvgIpc) is 2.90. The highest BCUT2D eigenvalue weighted by atomic mass is 32.1. The molecular formula is C14H17FN4O2S. The van der Waals surface area contributed by atoms with E-state index < -0.39 is 0 Å². The minimum absolute atomic E-state index is 0.00726. The molecule has 1 heterocycles. The number of benzene rings is 1. The van der Waals surface area contributed by atoms with Crippen LogP contribution in [0, 0.1) is 5.82 Å². The number of carbonyl (C=O) groups is 2. The van der Waals surface area contributed by atoms with E-state index in [1.165, 1.54) is 17.0 Å². The summed E-state index contributed by atoms with van der Waals surface area (Å²) in [5.74, 6) is -0.637. The second-order valence-electron chi connectivity index (χ2n) is 4.90. The van der Waals surface area contributed by atoms with Gasteiger partial charge in [0.25, 0.3) is 5.91 Å². The molecule has 0 bridgehead atoms. The average molecular weight is 324 g/mol. The number of thiocarbonyl (C=S) groups is 1. The van der Waals surface area contributed by atoms with Crippen LogP contribution in [-0.4, -0.2) is 34.9 Å². The standard InChI is InChI=1S/C14H17FN4O2S/c15-11-5-3-10(4-6-11)8-16-14(22)18-17-12(20)9-19-7-1-2-13(19)21/h3-6H,1-2,7-9H2,(H,17,20)(H2,16,18,22). The van der Waals surface area contributed by atoms with Gasteiger partial charge in [-0.25, -0.2) is 4.39 Å². The first-order chi connectivity index (χ1) is 10.5. The van der Waals surface area contributed by atoms with Crippen LogP contribution in [0.2, 0.25) is 0 Å². The minimum atomic E-state index is -0.332. The molecule has 0 radical (unpaired) electrons. The highest BCUT2D eigenvalue weighted by molar-refractivity contribution is 7.80. The molecule has 2 amide bonds. The predicted molar refractivity (Wildman–Crippen MR) is 82.9 cm³/mol. The van der Waals surface area contributed by atoms with Gasteiger partial charge in [0.2, 0.25) is 5.91 Å². The molecule has 0 unspecified atom stereocenters. The lowest BCUT2D eigenvalue weighted by atomic mass is 10.2. The Kier molecular flexibility index (Phi) is 5.65. The molecular weight excluding hydrogens is 307 g/mol. The molecule has 0 spiro atoms. The molecule has 0 aromatic heterocycles. The Morgan fingerprint density at radius 1 is 1.27 bits per heavy atom. The first-order valence-corrected chi connectivity index (χ1v) is 7.30. The highest BCUT2D eigenvalue weighted by Crippen LogP contribution is 2.08. The lowest BCUT2D eigenvalue weighted by Crippen LogP contribution is -2.49. The molecule has 1 saturated heterocycles. The number of nitrogens with one attached hydrogen (secondary N) is 3. The van der Waals surface area contributed by atoms with E-state index >= 15 is 0 Å². The number of amides is 2. The maximum atomic E-state index is 12.8. The van der Waals surface area contributed by atoms with Crippen molar-refractivity contribution >= 4 is 29.1 Å². The Bertz CT molecular complexity index is 564. The third-order valence-electron chi connectivity index (χ3n) is 3.19. The zero-order valence-corrected chi connectivity index (χ0v) is 12.7. The second-order valence-corrected chi connectivity index (χ2v) is 5.31. The van der Waals surface area contributed by atoms with Gasteiger partial charge in [-0.15, -0.1) is 0 Å². The quantitative estimate of drug-likeness (QED) is 0.554. The summed E-state index contributed by atoms with van der Waals surface area (Å²) >= 11 is 5.01. The number of hydrogen-bond acceptors (Lipinski definition) is 3. The smallest absolute Gasteiger partial charge is 0.257 e. The number of carbonyl (C=O) groups excluding carboxylic acids is 2. The SMILES string of the molecule is O=C(CN1CCCC1=O)NNC(=S)NCc1ccc(F)cc1. The number of hydrazine groups is 1. The molecule has 3 N–H and O–H groups in total. The molecule has 1 fully saturated rings. The van der Waals surface area contributed by atoms with Gasteiger partial charge in [-0.2, -0.15) is 0 Å². The van der Waals surface area contributed by atoms with Crippen molar-refractivity contribution in [3.63, 3.8) is 0 Å². The molecule has 2 rings (SSSR count). The van der Waals surface area contributed by atoms with Crippen LogP contribution < -0.4 is 16.2 Å². The zero-order valence-electron chi connectivity index (χ0n) is 11.9. The van der Waals surface area contributed by atoms with Crippen molar-refractivity contribution in [2.45, 2.75) is 19.4 Å². The number of hydrogen-bond donors (Lipinski definition) is 3. The fraction of sp³-hybridized carbons (Fsp3) is 0.357. The zero-order chi connectivity index (χ0) is 15.9. The molecule has 1 aromatic carbocycles. The Balaban J connectivity index is 1.65. The summed E-state index contributed by atoms with van der Waals surface area (Å²) in [6.07, 6.45) is 1.29. The molecule has 1 aromatic rings. The van der Waals surface area contributed by atoms with E-state index in [-0.39, 0.29) is 29.3 Å². The van der Waals surface area contributed by atoms with Gasteiger partial charge < -0.3 is 10.2 Å². The number of nitrogens with zero attached hydrogens (tertiary/aromatic N) is 1. The van der Waals surface area contributed by atoms with Gasteiger partial charge >= 0.3 is 0 Å². The molecule has 8 heteroatoms. The van der Waals surface area contributed by atoms with Gasteiger partial charge in [0.15, 0.2) is 5.11 Å². The van der Waals surface area contributed by atoms with Crippen LogP contribution in [0.25, 0.3) is 0 Å². The normalized spacial score (nSPS) is 13.9. The van der Waals surface area contributed by atoms with Gasteiger partial charge in [-0.05, 0) is 36.3 Å². The second kappa shape index (κ2) is 7.69. The van der Waals surface area contributed by atoms with E-state index in [2.05, 4.69) is 16.2 Å². The van der Waals surface area contributed by atoms with Crippen LogP contribution in [0.4, 0.5) is 4.39 Å². The van der Waals surface area contributed by atoms with Crippen LogP contribution in [0.1, 0.15) is 18.4 Å². The Hall–Kier alpha value is -2.22. The largest absolute Gasteiger partial charge is 0.357 e. The van der Waals surface area contributed by atoms with Crippen molar-refractivity contribution in [2.24, 2.45) is 0 Å². The topological polar surface area (TPSA) is 73.5 Å². The van der Waals surface area contributed by atoms with Gasteiger partial charge in [-0.1, -0.05) is 12.1 Å². The summed E-state index contributed by atoms with van der Waals surface area (Å²) in [7, 11) is 0. The number of likely N-dealkylation sites (tertiary alicyclic amines) is 1. The molecule has 22 heavy (non-hydrogen) atoms. The number of halogens is 1. The van der Waals surface area contributed by atoms with Crippen molar-refractivity contribution < 1.29 is 14.0 Å². The monoisotopic (exact) mass is 324 g/mol. The van der Waals surface area contributed by atoms with E-state index in [9.17, 15) is 14.0 Å². The lowest BCUT2D eigenvalue weighted by Gasteiger charge is -2.16. The molecule has 6 nitrogen and oxygen atoms in total. The first kappa shape index (κ1) is 16.2. The van der Waals surface area contributed by atoms with E-state index in [0.29, 0.717) is 19.5 Å². The van der Waals surface area contributed by atoms with Gasteiger partial charge in [0.1, 0.15) is 12.4 Å². The highest BCUT2D eigenvalue weighted by Gasteiger charge is 2.22. The molecule has 1 aliphatic heterocycles. The lowest BCUT2D eigenvalue weighted by molar-refractivity contribution is -0.133. The Morgan fingerprint density at radius 3 is 2.64 bits per heavy atom. The van der Waals surface area contributed by atoms with Gasteiger partial charge in [0, 0.05) is 19.5 Å². The fourth-order valence-electron chi connectivity index (χ4n) is 2.04. The van der Waals surface area contributed by atoms with Crippen LogP contribution in [0.3, 0.4) is 0 Å². The van der Waals surface area contributed by atoms with E-state index in [4.69, 9.17) is 12.2 Å². The predicted octanol–water partition coefficient (Wildman–Crippen LogP) is 0.443. The summed E-state index contributed by atoms with van der Waals surface area (Å²) < 4.78 is 12.8. The summed E-state index contributed by atoms with van der Waals surface area (Å²) in [5, 5.41) is 3.12. The van der Waals surface area contributed by atoms with Crippen molar-refractivity contribution in [1.82, 2.24) is 21.1 Å². The molecule has 0 saturated carbocycles. The van der Waals surface area contributed by atoms with Crippen LogP contribution in [0.5, 0.6) is 0 Å². The summed E-state index contributed by atoms with van der Waals surface area (Å²) in [6, 6.07) is 6.01. The van der Waals surface area contributed by atoms with Gasteiger partial charge in [-0.3, -0.25) is 20.4 Å². The maximum Gasteiger partial charge on any atom is 0.257 e. The minimum Gasteiger partial charge on any atom is -0.357 e. The van der Waals surface area contributed by atoms with Crippen molar-refractivity contribution in [2.75, 3.05) is 13.1 Å². The molecule has 0 aliphatic carbocycles. The van der Waals surface area contributed by atoms with E-state index in [0.717, 1.165) is 12.0 Å². The third-order valence-corrected chi connectivity index (χ3v) is 3.43. The van der Waals surface area contributed by atoms with E-state index in [1.807, 2.05) is 0 Å². The van der Waals surface area contributed by atoms with Crippen molar-refractivity contribution in [1.29, 1.82) is 0 Å². The third kappa shape index (κ3) is 4.96. The van der Waals surface area contributed by atoms with Crippen LogP contribution >= 0.6 is 12.2 Å².